The molecule has 4 heterocycles. The molecule has 0 unspecified atom stereocenters. The summed E-state index contributed by atoms with van der Waals surface area (Å²) in [6.07, 6.45) is 5.77. The average molecular weight is 461 g/mol. The van der Waals surface area contributed by atoms with Crippen molar-refractivity contribution in [3.05, 3.63) is 96.6 Å². The smallest absolute Gasteiger partial charge is 0.0924 e. The molecular weight excluding hydrogens is 432 g/mol. The van der Waals surface area contributed by atoms with Crippen molar-refractivity contribution in [3.8, 4) is 22.4 Å². The van der Waals surface area contributed by atoms with Crippen LogP contribution >= 0.6 is 0 Å². The van der Waals surface area contributed by atoms with E-state index in [-0.39, 0.29) is 0 Å². The molecule has 0 spiro atoms. The Morgan fingerprint density at radius 2 is 1.66 bits per heavy atom. The number of aryl methyl sites for hydroxylation is 1. The maximum atomic E-state index is 4.99. The van der Waals surface area contributed by atoms with Crippen LogP contribution < -0.4 is 4.90 Å². The number of fused-ring (bicyclic) bond motifs is 1. The van der Waals surface area contributed by atoms with Crippen LogP contribution in [-0.2, 0) is 6.54 Å². The maximum absolute atomic E-state index is 4.99. The lowest BCUT2D eigenvalue weighted by Crippen LogP contribution is -2.46. The third-order valence-electron chi connectivity index (χ3n) is 6.87. The number of aromatic amines is 1. The standard InChI is InChI=1S/C29H28N6/c1-21-26-17-24(7-8-28(26)33-32-21)27-18-25(19-31-29(27)23-5-3-2-4-6-23)35-15-13-34(14-16-35)20-22-9-11-30-12-10-22/h2-12,17-19H,13-16,20H2,1H3,(H,32,33). The van der Waals surface area contributed by atoms with Gasteiger partial charge in [0.05, 0.1) is 23.1 Å². The summed E-state index contributed by atoms with van der Waals surface area (Å²) in [4.78, 5) is 14.1. The highest BCUT2D eigenvalue weighted by Gasteiger charge is 2.20. The summed E-state index contributed by atoms with van der Waals surface area (Å²) in [5.74, 6) is 0. The molecule has 1 saturated heterocycles. The lowest BCUT2D eigenvalue weighted by atomic mass is 9.97. The molecule has 1 aliphatic heterocycles. The highest BCUT2D eigenvalue weighted by molar-refractivity contribution is 5.90. The Balaban J connectivity index is 1.31. The molecule has 1 N–H and O–H groups in total. The predicted molar refractivity (Wildman–Crippen MR) is 141 cm³/mol. The van der Waals surface area contributed by atoms with Crippen LogP contribution in [0.5, 0.6) is 0 Å². The molecule has 35 heavy (non-hydrogen) atoms. The van der Waals surface area contributed by atoms with E-state index in [0.717, 1.165) is 71.7 Å². The van der Waals surface area contributed by atoms with Crippen LogP contribution in [0, 0.1) is 6.92 Å². The SMILES string of the molecule is Cc1[nH]nc2ccc(-c3cc(N4CCN(Cc5ccncc5)CC4)cnc3-c3ccccc3)cc12. The minimum atomic E-state index is 0.969. The van der Waals surface area contributed by atoms with E-state index >= 15 is 0 Å². The highest BCUT2D eigenvalue weighted by atomic mass is 15.3. The van der Waals surface area contributed by atoms with E-state index in [4.69, 9.17) is 4.98 Å². The number of hydrogen-bond acceptors (Lipinski definition) is 5. The van der Waals surface area contributed by atoms with Crippen molar-refractivity contribution in [2.45, 2.75) is 13.5 Å². The third kappa shape index (κ3) is 4.40. The van der Waals surface area contributed by atoms with Gasteiger partial charge in [-0.3, -0.25) is 20.0 Å². The van der Waals surface area contributed by atoms with Crippen LogP contribution in [0.3, 0.4) is 0 Å². The summed E-state index contributed by atoms with van der Waals surface area (Å²) >= 11 is 0. The van der Waals surface area contributed by atoms with Crippen LogP contribution in [0.4, 0.5) is 5.69 Å². The van der Waals surface area contributed by atoms with E-state index in [1.807, 2.05) is 24.7 Å². The summed E-state index contributed by atoms with van der Waals surface area (Å²) in [5.41, 5.74) is 9.00. The Labute approximate surface area is 205 Å². The van der Waals surface area contributed by atoms with Crippen LogP contribution in [0.1, 0.15) is 11.3 Å². The molecule has 6 nitrogen and oxygen atoms in total. The van der Waals surface area contributed by atoms with Gasteiger partial charge in [0.25, 0.3) is 0 Å². The molecule has 0 bridgehead atoms. The van der Waals surface area contributed by atoms with Crippen molar-refractivity contribution in [1.82, 2.24) is 25.1 Å². The lowest BCUT2D eigenvalue weighted by molar-refractivity contribution is 0.250. The summed E-state index contributed by atoms with van der Waals surface area (Å²) in [6, 6.07) is 23.4. The molecule has 3 aromatic heterocycles. The predicted octanol–water partition coefficient (Wildman–Crippen LogP) is 5.32. The van der Waals surface area contributed by atoms with Gasteiger partial charge in [-0.15, -0.1) is 0 Å². The molecule has 1 fully saturated rings. The van der Waals surface area contributed by atoms with E-state index < -0.39 is 0 Å². The first-order chi connectivity index (χ1) is 17.2. The van der Waals surface area contributed by atoms with Gasteiger partial charge in [0.15, 0.2) is 0 Å². The van der Waals surface area contributed by atoms with Gasteiger partial charge in [-0.25, -0.2) is 0 Å². The zero-order chi connectivity index (χ0) is 23.6. The number of anilines is 1. The fraction of sp³-hybridized carbons (Fsp3) is 0.207. The molecule has 2 aromatic carbocycles. The van der Waals surface area contributed by atoms with Gasteiger partial charge >= 0.3 is 0 Å². The summed E-state index contributed by atoms with van der Waals surface area (Å²) in [6.45, 7) is 7.05. The van der Waals surface area contributed by atoms with Crippen molar-refractivity contribution >= 4 is 16.6 Å². The maximum Gasteiger partial charge on any atom is 0.0924 e. The highest BCUT2D eigenvalue weighted by Crippen LogP contribution is 2.35. The van der Waals surface area contributed by atoms with Crippen LogP contribution in [0.25, 0.3) is 33.3 Å². The zero-order valence-corrected chi connectivity index (χ0v) is 19.9. The van der Waals surface area contributed by atoms with Crippen LogP contribution in [0.2, 0.25) is 0 Å². The number of nitrogens with zero attached hydrogens (tertiary/aromatic N) is 5. The number of H-pyrrole nitrogens is 1. The Morgan fingerprint density at radius 1 is 0.857 bits per heavy atom. The van der Waals surface area contributed by atoms with Gasteiger partial charge in [0.2, 0.25) is 0 Å². The normalized spacial score (nSPS) is 14.5. The van der Waals surface area contributed by atoms with Crippen molar-refractivity contribution in [1.29, 1.82) is 0 Å². The molecule has 0 amide bonds. The van der Waals surface area contributed by atoms with Crippen molar-refractivity contribution in [3.63, 3.8) is 0 Å². The van der Waals surface area contributed by atoms with Crippen molar-refractivity contribution in [2.75, 3.05) is 31.1 Å². The Kier molecular flexibility index (Phi) is 5.72. The van der Waals surface area contributed by atoms with E-state index in [0.29, 0.717) is 0 Å². The van der Waals surface area contributed by atoms with Gasteiger partial charge < -0.3 is 4.90 Å². The van der Waals surface area contributed by atoms with Gasteiger partial charge in [-0.1, -0.05) is 36.4 Å². The molecule has 5 aromatic rings. The van der Waals surface area contributed by atoms with Crippen molar-refractivity contribution in [2.24, 2.45) is 0 Å². The minimum absolute atomic E-state index is 0.969. The first-order valence-electron chi connectivity index (χ1n) is 12.1. The molecule has 0 atom stereocenters. The summed E-state index contributed by atoms with van der Waals surface area (Å²) in [7, 11) is 0. The number of nitrogens with one attached hydrogen (secondary N) is 1. The number of benzene rings is 2. The van der Waals surface area contributed by atoms with Gasteiger partial charge in [0, 0.05) is 67.3 Å². The fourth-order valence-corrected chi connectivity index (χ4v) is 4.89. The van der Waals surface area contributed by atoms with Crippen LogP contribution in [-0.4, -0.2) is 51.2 Å². The average Bonchev–Trinajstić information content (AvgIpc) is 3.30. The number of aromatic nitrogens is 4. The minimum Gasteiger partial charge on any atom is -0.368 e. The fourth-order valence-electron chi connectivity index (χ4n) is 4.89. The van der Waals surface area contributed by atoms with Gasteiger partial charge in [0.1, 0.15) is 0 Å². The van der Waals surface area contributed by atoms with Crippen LogP contribution in [0.15, 0.2) is 85.3 Å². The quantitative estimate of drug-likeness (QED) is 0.385. The molecule has 0 aliphatic carbocycles. The second kappa shape index (κ2) is 9.31. The molecule has 6 heteroatoms. The number of piperazine rings is 1. The van der Waals surface area contributed by atoms with Crippen molar-refractivity contribution < 1.29 is 0 Å². The molecule has 0 radical (unpaired) electrons. The molecule has 1 aliphatic rings. The van der Waals surface area contributed by atoms with E-state index in [9.17, 15) is 0 Å². The zero-order valence-electron chi connectivity index (χ0n) is 19.9. The molecular formula is C29H28N6. The first kappa shape index (κ1) is 21.5. The van der Waals surface area contributed by atoms with Gasteiger partial charge in [-0.2, -0.15) is 5.10 Å². The summed E-state index contributed by atoms with van der Waals surface area (Å²) < 4.78 is 0. The summed E-state index contributed by atoms with van der Waals surface area (Å²) in [5, 5.41) is 8.66. The number of rotatable bonds is 5. The van der Waals surface area contributed by atoms with E-state index in [2.05, 4.69) is 92.6 Å². The van der Waals surface area contributed by atoms with E-state index in [1.165, 1.54) is 11.3 Å². The monoisotopic (exact) mass is 460 g/mol. The third-order valence-corrected chi connectivity index (χ3v) is 6.87. The second-order valence-electron chi connectivity index (χ2n) is 9.15. The number of hydrogen-bond donors (Lipinski definition) is 1. The van der Waals surface area contributed by atoms with Gasteiger partial charge in [-0.05, 0) is 48.4 Å². The Bertz CT molecular complexity index is 1440. The molecule has 0 saturated carbocycles. The van der Waals surface area contributed by atoms with E-state index in [1.54, 1.807) is 0 Å². The Morgan fingerprint density at radius 3 is 2.46 bits per heavy atom. The molecule has 6 rings (SSSR count). The largest absolute Gasteiger partial charge is 0.368 e. The topological polar surface area (TPSA) is 60.9 Å². The molecule has 174 valence electrons. The lowest BCUT2D eigenvalue weighted by Gasteiger charge is -2.36. The number of pyridine rings is 2. The second-order valence-corrected chi connectivity index (χ2v) is 9.15. The first-order valence-corrected chi connectivity index (χ1v) is 12.1. The Hall–Kier alpha value is -4.03.